The highest BCUT2D eigenvalue weighted by Gasteiger charge is 2.25. The molecule has 1 aliphatic rings. The van der Waals surface area contributed by atoms with E-state index >= 15 is 0 Å². The van der Waals surface area contributed by atoms with Crippen molar-refractivity contribution >= 4 is 17.0 Å². The fraction of sp³-hybridized carbons (Fsp3) is 0.462. The summed E-state index contributed by atoms with van der Waals surface area (Å²) in [6.45, 7) is 3.54. The summed E-state index contributed by atoms with van der Waals surface area (Å²) < 4.78 is 7.31. The molecule has 0 saturated carbocycles. The molecule has 2 aromatic rings. The molecular formula is C13H15N3O3. The zero-order valence-electron chi connectivity index (χ0n) is 10.6. The lowest BCUT2D eigenvalue weighted by Gasteiger charge is -2.13. The third-order valence-corrected chi connectivity index (χ3v) is 3.72. The topological polar surface area (TPSA) is 77.2 Å². The van der Waals surface area contributed by atoms with Gasteiger partial charge in [-0.25, -0.2) is 9.48 Å². The number of benzene rings is 1. The van der Waals surface area contributed by atoms with E-state index in [1.54, 1.807) is 16.8 Å². The van der Waals surface area contributed by atoms with Gasteiger partial charge in [-0.15, -0.1) is 5.10 Å². The molecule has 0 bridgehead atoms. The first-order chi connectivity index (χ1) is 9.16. The van der Waals surface area contributed by atoms with Crippen LogP contribution in [-0.4, -0.2) is 38.8 Å². The van der Waals surface area contributed by atoms with Gasteiger partial charge < -0.3 is 9.84 Å². The quantitative estimate of drug-likeness (QED) is 0.907. The Morgan fingerprint density at radius 2 is 2.42 bits per heavy atom. The van der Waals surface area contributed by atoms with E-state index in [-0.39, 0.29) is 11.7 Å². The third-order valence-electron chi connectivity index (χ3n) is 3.72. The summed E-state index contributed by atoms with van der Waals surface area (Å²) >= 11 is 0. The van der Waals surface area contributed by atoms with E-state index in [2.05, 4.69) is 17.2 Å². The fourth-order valence-electron chi connectivity index (χ4n) is 2.54. The van der Waals surface area contributed by atoms with Crippen LogP contribution in [0.3, 0.4) is 0 Å². The van der Waals surface area contributed by atoms with Crippen molar-refractivity contribution in [3.05, 3.63) is 23.8 Å². The van der Waals surface area contributed by atoms with Gasteiger partial charge in [-0.3, -0.25) is 0 Å². The van der Waals surface area contributed by atoms with Crippen LogP contribution in [0.5, 0.6) is 0 Å². The van der Waals surface area contributed by atoms with Gasteiger partial charge in [0.05, 0.1) is 17.2 Å². The van der Waals surface area contributed by atoms with Gasteiger partial charge in [0.25, 0.3) is 0 Å². The van der Waals surface area contributed by atoms with Gasteiger partial charge in [0.2, 0.25) is 0 Å². The molecule has 1 saturated heterocycles. The van der Waals surface area contributed by atoms with Crippen LogP contribution in [0, 0.1) is 5.92 Å². The van der Waals surface area contributed by atoms with Crippen molar-refractivity contribution in [3.63, 3.8) is 0 Å². The molecule has 6 nitrogen and oxygen atoms in total. The Morgan fingerprint density at radius 3 is 3.11 bits per heavy atom. The number of hydrogen-bond acceptors (Lipinski definition) is 4. The van der Waals surface area contributed by atoms with Crippen molar-refractivity contribution in [1.82, 2.24) is 15.0 Å². The number of carboxylic acids is 1. The predicted octanol–water partition coefficient (Wildman–Crippen LogP) is 1.55. The molecule has 0 radical (unpaired) electrons. The summed E-state index contributed by atoms with van der Waals surface area (Å²) in [5, 5.41) is 17.2. The molecular weight excluding hydrogens is 246 g/mol. The Hall–Kier alpha value is -1.95. The first-order valence-electron chi connectivity index (χ1n) is 6.34. The average Bonchev–Trinajstić information content (AvgIpc) is 2.97. The smallest absolute Gasteiger partial charge is 0.338 e. The maximum absolute atomic E-state index is 11.1. The summed E-state index contributed by atoms with van der Waals surface area (Å²) in [5.41, 5.74) is 1.40. The SMILES string of the molecule is CC1OCCC1Cn1nnc2c(C(=O)O)cccc21. The zero-order chi connectivity index (χ0) is 13.4. The number of aromatic carboxylic acids is 1. The Balaban J connectivity index is 1.97. The van der Waals surface area contributed by atoms with E-state index in [0.29, 0.717) is 18.0 Å². The normalized spacial score (nSPS) is 23.0. The van der Waals surface area contributed by atoms with Gasteiger partial charge >= 0.3 is 5.97 Å². The number of carbonyl (C=O) groups is 1. The van der Waals surface area contributed by atoms with E-state index in [0.717, 1.165) is 18.5 Å². The van der Waals surface area contributed by atoms with Crippen LogP contribution in [0.15, 0.2) is 18.2 Å². The molecule has 1 aliphatic heterocycles. The van der Waals surface area contributed by atoms with Crippen LogP contribution in [0.2, 0.25) is 0 Å². The maximum Gasteiger partial charge on any atom is 0.338 e. The van der Waals surface area contributed by atoms with Crippen LogP contribution in [0.1, 0.15) is 23.7 Å². The van der Waals surface area contributed by atoms with Crippen molar-refractivity contribution in [3.8, 4) is 0 Å². The number of aromatic nitrogens is 3. The minimum absolute atomic E-state index is 0.194. The van der Waals surface area contributed by atoms with E-state index in [1.165, 1.54) is 0 Å². The van der Waals surface area contributed by atoms with Crippen molar-refractivity contribution in [2.24, 2.45) is 5.92 Å². The molecule has 1 fully saturated rings. The van der Waals surface area contributed by atoms with E-state index in [4.69, 9.17) is 9.84 Å². The molecule has 3 rings (SSSR count). The van der Waals surface area contributed by atoms with Gasteiger partial charge in [0.15, 0.2) is 0 Å². The number of fused-ring (bicyclic) bond motifs is 1. The number of nitrogens with zero attached hydrogens (tertiary/aromatic N) is 3. The van der Waals surface area contributed by atoms with Crippen molar-refractivity contribution in [2.45, 2.75) is 26.0 Å². The van der Waals surface area contributed by atoms with Crippen LogP contribution in [-0.2, 0) is 11.3 Å². The van der Waals surface area contributed by atoms with Crippen LogP contribution in [0.25, 0.3) is 11.0 Å². The highest BCUT2D eigenvalue weighted by atomic mass is 16.5. The zero-order valence-corrected chi connectivity index (χ0v) is 10.6. The second-order valence-corrected chi connectivity index (χ2v) is 4.87. The van der Waals surface area contributed by atoms with E-state index in [1.807, 2.05) is 6.07 Å². The molecule has 19 heavy (non-hydrogen) atoms. The van der Waals surface area contributed by atoms with Crippen molar-refractivity contribution in [2.75, 3.05) is 6.61 Å². The molecule has 1 N–H and O–H groups in total. The number of ether oxygens (including phenoxy) is 1. The molecule has 1 aromatic heterocycles. The summed E-state index contributed by atoms with van der Waals surface area (Å²) in [7, 11) is 0. The molecule has 1 aromatic carbocycles. The molecule has 0 aliphatic carbocycles. The molecule has 2 heterocycles. The van der Waals surface area contributed by atoms with Crippen LogP contribution >= 0.6 is 0 Å². The maximum atomic E-state index is 11.1. The summed E-state index contributed by atoms with van der Waals surface area (Å²) in [4.78, 5) is 11.1. The number of hydrogen-bond donors (Lipinski definition) is 1. The van der Waals surface area contributed by atoms with Gasteiger partial charge in [0, 0.05) is 19.1 Å². The summed E-state index contributed by atoms with van der Waals surface area (Å²) in [5.74, 6) is -0.575. The number of carboxylic acid groups (broad SMARTS) is 1. The van der Waals surface area contributed by atoms with Gasteiger partial charge in [0.1, 0.15) is 5.52 Å². The van der Waals surface area contributed by atoms with Crippen LogP contribution in [0.4, 0.5) is 0 Å². The number of rotatable bonds is 3. The first-order valence-corrected chi connectivity index (χ1v) is 6.34. The van der Waals surface area contributed by atoms with Gasteiger partial charge in [-0.2, -0.15) is 0 Å². The molecule has 2 unspecified atom stereocenters. The second kappa shape index (κ2) is 4.62. The fourth-order valence-corrected chi connectivity index (χ4v) is 2.54. The Bertz CT molecular complexity index is 623. The van der Waals surface area contributed by atoms with Crippen molar-refractivity contribution < 1.29 is 14.6 Å². The third kappa shape index (κ3) is 2.08. The Morgan fingerprint density at radius 1 is 1.58 bits per heavy atom. The molecule has 0 spiro atoms. The largest absolute Gasteiger partial charge is 0.478 e. The summed E-state index contributed by atoms with van der Waals surface area (Å²) in [6.07, 6.45) is 1.21. The second-order valence-electron chi connectivity index (χ2n) is 4.87. The standard InChI is InChI=1S/C13H15N3O3/c1-8-9(5-6-19-8)7-16-11-4-2-3-10(13(17)18)12(11)14-15-16/h2-4,8-9H,5-7H2,1H3,(H,17,18). The lowest BCUT2D eigenvalue weighted by Crippen LogP contribution is -2.18. The molecule has 2 atom stereocenters. The van der Waals surface area contributed by atoms with E-state index < -0.39 is 5.97 Å². The Kier molecular flexibility index (Phi) is 2.94. The minimum Gasteiger partial charge on any atom is -0.478 e. The highest BCUT2D eigenvalue weighted by Crippen LogP contribution is 2.24. The molecule has 0 amide bonds. The van der Waals surface area contributed by atoms with Gasteiger partial charge in [-0.1, -0.05) is 11.3 Å². The lowest BCUT2D eigenvalue weighted by atomic mass is 10.0. The van der Waals surface area contributed by atoms with Crippen LogP contribution < -0.4 is 0 Å². The minimum atomic E-state index is -0.977. The molecule has 100 valence electrons. The predicted molar refractivity (Wildman–Crippen MR) is 68.0 cm³/mol. The molecule has 6 heteroatoms. The first kappa shape index (κ1) is 12.1. The van der Waals surface area contributed by atoms with E-state index in [9.17, 15) is 4.79 Å². The Labute approximate surface area is 110 Å². The lowest BCUT2D eigenvalue weighted by molar-refractivity contribution is 0.0698. The van der Waals surface area contributed by atoms with Crippen molar-refractivity contribution in [1.29, 1.82) is 0 Å². The van der Waals surface area contributed by atoms with Gasteiger partial charge in [-0.05, 0) is 25.5 Å². The highest BCUT2D eigenvalue weighted by molar-refractivity contribution is 6.00. The monoisotopic (exact) mass is 261 g/mol. The summed E-state index contributed by atoms with van der Waals surface area (Å²) in [6, 6.07) is 5.12. The average molecular weight is 261 g/mol.